The monoisotopic (exact) mass is 513 g/mol. The first kappa shape index (κ1) is 25.0. The Morgan fingerprint density at radius 1 is 1.08 bits per heavy atom. The van der Waals surface area contributed by atoms with E-state index in [0.29, 0.717) is 5.82 Å². The highest BCUT2D eigenvalue weighted by atomic mass is 32.1. The van der Waals surface area contributed by atoms with Crippen LogP contribution in [0.5, 0.6) is 0 Å². The lowest BCUT2D eigenvalue weighted by Gasteiger charge is -2.09. The number of nitrogens with one attached hydrogen (secondary N) is 1. The number of rotatable bonds is 7. The van der Waals surface area contributed by atoms with E-state index in [4.69, 9.17) is 15.5 Å². The lowest BCUT2D eigenvalue weighted by atomic mass is 10.0. The smallest absolute Gasteiger partial charge is 0.150 e. The van der Waals surface area contributed by atoms with Gasteiger partial charge in [0.15, 0.2) is 0 Å². The van der Waals surface area contributed by atoms with Crippen LogP contribution in [0.15, 0.2) is 61.3 Å². The van der Waals surface area contributed by atoms with Gasteiger partial charge in [-0.25, -0.2) is 15.0 Å². The Balaban J connectivity index is 0.00000280. The summed E-state index contributed by atoms with van der Waals surface area (Å²) in [6.45, 7) is 3.70. The van der Waals surface area contributed by atoms with E-state index in [-0.39, 0.29) is 19.6 Å². The summed E-state index contributed by atoms with van der Waals surface area (Å²) >= 11 is 0. The van der Waals surface area contributed by atoms with E-state index in [1.807, 2.05) is 18.5 Å². The van der Waals surface area contributed by atoms with Crippen LogP contribution in [-0.2, 0) is 17.6 Å². The summed E-state index contributed by atoms with van der Waals surface area (Å²) in [4.78, 5) is 18.1. The van der Waals surface area contributed by atoms with Crippen LogP contribution in [0.4, 0.5) is 11.6 Å². The standard InChI is InChI=1S/C28H29N7O.H2S/c1-2-31-25-10-9-20-8-7-18(13-23(20)34-25)5-6-19-12-21(15-30-14-19)35-16-22(24-4-3-11-36-24)26-27(29)32-17-33-28(26)35;/h7-10,12-17,24H,2-6,11H2,1H3,(H,31,34)(H2,29,32,33);1H2. The van der Waals surface area contributed by atoms with Crippen molar-refractivity contribution < 1.29 is 4.74 Å². The number of aryl methyl sites for hydroxylation is 2. The Labute approximate surface area is 222 Å². The molecule has 5 heterocycles. The van der Waals surface area contributed by atoms with Crippen molar-refractivity contribution >= 4 is 47.1 Å². The third-order valence-corrected chi connectivity index (χ3v) is 6.79. The fraction of sp³-hybridized carbons (Fsp3) is 0.286. The Hall–Kier alpha value is -3.69. The first-order chi connectivity index (χ1) is 17.7. The van der Waals surface area contributed by atoms with Crippen LogP contribution in [0.3, 0.4) is 0 Å². The Bertz CT molecular complexity index is 1540. The number of nitrogen functional groups attached to an aromatic ring is 1. The van der Waals surface area contributed by atoms with Crippen LogP contribution in [0.1, 0.15) is 42.6 Å². The van der Waals surface area contributed by atoms with Crippen LogP contribution >= 0.6 is 13.5 Å². The van der Waals surface area contributed by atoms with Gasteiger partial charge in [0.2, 0.25) is 0 Å². The first-order valence-electron chi connectivity index (χ1n) is 12.5. The van der Waals surface area contributed by atoms with Gasteiger partial charge in [0.05, 0.1) is 28.9 Å². The number of ether oxygens (including phenoxy) is 1. The summed E-state index contributed by atoms with van der Waals surface area (Å²) in [6.07, 6.45) is 11.2. The zero-order valence-corrected chi connectivity index (χ0v) is 21.8. The van der Waals surface area contributed by atoms with Gasteiger partial charge in [-0.05, 0) is 68.0 Å². The lowest BCUT2D eigenvalue weighted by Crippen LogP contribution is -2.00. The van der Waals surface area contributed by atoms with Crippen LogP contribution in [0.2, 0.25) is 0 Å². The van der Waals surface area contributed by atoms with Gasteiger partial charge >= 0.3 is 0 Å². The molecule has 1 unspecified atom stereocenters. The normalized spacial score (nSPS) is 15.2. The van der Waals surface area contributed by atoms with Crippen LogP contribution in [0, 0.1) is 0 Å². The Kier molecular flexibility index (Phi) is 7.25. The fourth-order valence-corrected chi connectivity index (χ4v) is 5.01. The van der Waals surface area contributed by atoms with Gasteiger partial charge in [-0.15, -0.1) is 0 Å². The molecule has 1 saturated heterocycles. The average molecular weight is 514 g/mol. The summed E-state index contributed by atoms with van der Waals surface area (Å²) in [7, 11) is 0. The maximum absolute atomic E-state index is 6.28. The lowest BCUT2D eigenvalue weighted by molar-refractivity contribution is 0.113. The number of hydrogen-bond donors (Lipinski definition) is 2. The molecule has 3 N–H and O–H groups in total. The largest absolute Gasteiger partial charge is 0.383 e. The predicted molar refractivity (Wildman–Crippen MR) is 153 cm³/mol. The predicted octanol–water partition coefficient (Wildman–Crippen LogP) is 5.13. The van der Waals surface area contributed by atoms with Crippen LogP contribution in [0.25, 0.3) is 27.6 Å². The number of anilines is 2. The maximum Gasteiger partial charge on any atom is 0.150 e. The van der Waals surface area contributed by atoms with E-state index in [1.54, 1.807) is 0 Å². The van der Waals surface area contributed by atoms with Crippen LogP contribution in [-0.4, -0.2) is 37.7 Å². The molecule has 4 aromatic heterocycles. The molecule has 190 valence electrons. The molecule has 0 radical (unpaired) electrons. The van der Waals surface area contributed by atoms with E-state index >= 15 is 0 Å². The van der Waals surface area contributed by atoms with Crippen molar-refractivity contribution in [2.24, 2.45) is 0 Å². The zero-order chi connectivity index (χ0) is 24.5. The topological polar surface area (TPSA) is 104 Å². The van der Waals surface area contributed by atoms with Crippen molar-refractivity contribution in [3.05, 3.63) is 78.0 Å². The number of fused-ring (bicyclic) bond motifs is 2. The van der Waals surface area contributed by atoms with E-state index in [2.05, 4.69) is 68.3 Å². The van der Waals surface area contributed by atoms with E-state index in [9.17, 15) is 0 Å². The molecular weight excluding hydrogens is 482 g/mol. The maximum atomic E-state index is 6.28. The van der Waals surface area contributed by atoms with Gasteiger partial charge in [-0.2, -0.15) is 13.5 Å². The summed E-state index contributed by atoms with van der Waals surface area (Å²) in [5.74, 6) is 1.39. The van der Waals surface area contributed by atoms with Crippen molar-refractivity contribution in [2.75, 3.05) is 24.2 Å². The molecule has 9 heteroatoms. The number of aromatic nitrogens is 5. The molecule has 1 aromatic carbocycles. The van der Waals surface area contributed by atoms with Crippen molar-refractivity contribution in [3.8, 4) is 5.69 Å². The number of nitrogens with zero attached hydrogens (tertiary/aromatic N) is 5. The SMILES string of the molecule is CCNc1ccc2ccc(CCc3cncc(-n4cc(C5CCCO5)c5c(N)ncnc54)c3)cc2n1.S. The summed E-state index contributed by atoms with van der Waals surface area (Å²) < 4.78 is 8.02. The zero-order valence-electron chi connectivity index (χ0n) is 20.8. The second-order valence-corrected chi connectivity index (χ2v) is 9.22. The molecule has 5 aromatic rings. The Morgan fingerprint density at radius 3 is 2.78 bits per heavy atom. The molecule has 1 aliphatic rings. The molecule has 1 atom stereocenters. The molecular formula is C28H31N7OS. The van der Waals surface area contributed by atoms with E-state index < -0.39 is 0 Å². The molecule has 1 fully saturated rings. The summed E-state index contributed by atoms with van der Waals surface area (Å²) in [5.41, 5.74) is 12.5. The van der Waals surface area contributed by atoms with Crippen LogP contribution < -0.4 is 11.1 Å². The highest BCUT2D eigenvalue weighted by Crippen LogP contribution is 2.37. The number of benzene rings is 1. The highest BCUT2D eigenvalue weighted by molar-refractivity contribution is 7.59. The summed E-state index contributed by atoms with van der Waals surface area (Å²) in [5, 5.41) is 5.30. The van der Waals surface area contributed by atoms with Gasteiger partial charge in [-0.3, -0.25) is 9.55 Å². The van der Waals surface area contributed by atoms with E-state index in [1.165, 1.54) is 11.9 Å². The third-order valence-electron chi connectivity index (χ3n) is 6.79. The first-order valence-corrected chi connectivity index (χ1v) is 12.5. The number of pyridine rings is 2. The molecule has 0 saturated carbocycles. The van der Waals surface area contributed by atoms with Crippen molar-refractivity contribution in [1.29, 1.82) is 0 Å². The van der Waals surface area contributed by atoms with Crippen molar-refractivity contribution in [2.45, 2.75) is 38.7 Å². The van der Waals surface area contributed by atoms with Gasteiger partial charge in [-0.1, -0.05) is 12.1 Å². The molecule has 0 aliphatic carbocycles. The molecule has 0 bridgehead atoms. The van der Waals surface area contributed by atoms with Gasteiger partial charge < -0.3 is 15.8 Å². The summed E-state index contributed by atoms with van der Waals surface area (Å²) in [6, 6.07) is 12.8. The second-order valence-electron chi connectivity index (χ2n) is 9.22. The number of hydrogen-bond acceptors (Lipinski definition) is 7. The van der Waals surface area contributed by atoms with Gasteiger partial charge in [0.1, 0.15) is 23.6 Å². The second kappa shape index (κ2) is 10.7. The fourth-order valence-electron chi connectivity index (χ4n) is 5.01. The minimum absolute atomic E-state index is 0. The van der Waals surface area contributed by atoms with Gasteiger partial charge in [0.25, 0.3) is 0 Å². The number of nitrogens with two attached hydrogens (primary N) is 1. The van der Waals surface area contributed by atoms with E-state index in [0.717, 1.165) is 83.4 Å². The molecule has 0 spiro atoms. The molecule has 37 heavy (non-hydrogen) atoms. The van der Waals surface area contributed by atoms with Gasteiger partial charge in [0, 0.05) is 36.5 Å². The third kappa shape index (κ3) is 4.97. The van der Waals surface area contributed by atoms with Crippen molar-refractivity contribution in [1.82, 2.24) is 24.5 Å². The quantitative estimate of drug-likeness (QED) is 0.311. The molecule has 0 amide bonds. The molecule has 1 aliphatic heterocycles. The molecule has 8 nitrogen and oxygen atoms in total. The highest BCUT2D eigenvalue weighted by Gasteiger charge is 2.25. The Morgan fingerprint density at radius 2 is 1.95 bits per heavy atom. The minimum Gasteiger partial charge on any atom is -0.383 e. The van der Waals surface area contributed by atoms with Crippen molar-refractivity contribution in [3.63, 3.8) is 0 Å². The average Bonchev–Trinajstić information content (AvgIpc) is 3.57. The molecule has 6 rings (SSSR count). The minimum atomic E-state index is 0.